The van der Waals surface area contributed by atoms with Crippen LogP contribution in [0.3, 0.4) is 0 Å². The molecule has 1 unspecified atom stereocenters. The van der Waals surface area contributed by atoms with Crippen LogP contribution in [-0.4, -0.2) is 14.8 Å². The number of fused-ring (bicyclic) bond motifs is 1. The van der Waals surface area contributed by atoms with Crippen molar-refractivity contribution in [1.82, 2.24) is 14.8 Å². The van der Waals surface area contributed by atoms with E-state index in [1.165, 1.54) is 35.0 Å². The van der Waals surface area contributed by atoms with E-state index < -0.39 is 5.82 Å². The van der Waals surface area contributed by atoms with E-state index in [-0.39, 0.29) is 11.4 Å². The summed E-state index contributed by atoms with van der Waals surface area (Å²) in [6.07, 6.45) is 5.51. The lowest BCUT2D eigenvalue weighted by Gasteiger charge is -2.26. The fourth-order valence-electron chi connectivity index (χ4n) is 3.89. The molecule has 4 nitrogen and oxygen atoms in total. The summed E-state index contributed by atoms with van der Waals surface area (Å²) in [5, 5.41) is 4.19. The fourth-order valence-corrected chi connectivity index (χ4v) is 3.89. The second-order valence-corrected chi connectivity index (χ2v) is 6.97. The molecule has 2 heterocycles. The van der Waals surface area contributed by atoms with E-state index >= 15 is 0 Å². The van der Waals surface area contributed by atoms with Crippen molar-refractivity contribution in [2.75, 3.05) is 0 Å². The summed E-state index contributed by atoms with van der Waals surface area (Å²) in [7, 11) is 0. The van der Waals surface area contributed by atoms with Crippen LogP contribution >= 0.6 is 0 Å². The summed E-state index contributed by atoms with van der Waals surface area (Å²) in [4.78, 5) is 16.8. The first kappa shape index (κ1) is 16.6. The van der Waals surface area contributed by atoms with Crippen molar-refractivity contribution in [2.45, 2.75) is 39.0 Å². The molecule has 0 fully saturated rings. The molecule has 0 saturated carbocycles. The highest BCUT2D eigenvalue weighted by molar-refractivity contribution is 5.37. The van der Waals surface area contributed by atoms with Crippen molar-refractivity contribution in [3.05, 3.63) is 86.7 Å². The topological polar surface area (TPSA) is 47.8 Å². The second kappa shape index (κ2) is 6.48. The zero-order valence-electron chi connectivity index (χ0n) is 14.9. The van der Waals surface area contributed by atoms with Crippen molar-refractivity contribution < 1.29 is 4.39 Å². The number of halogens is 1. The van der Waals surface area contributed by atoms with E-state index in [9.17, 15) is 9.18 Å². The van der Waals surface area contributed by atoms with Crippen LogP contribution in [0.2, 0.25) is 0 Å². The molecule has 0 radical (unpaired) electrons. The van der Waals surface area contributed by atoms with Crippen molar-refractivity contribution in [3.63, 3.8) is 0 Å². The molecule has 0 spiro atoms. The molecule has 1 atom stereocenters. The van der Waals surface area contributed by atoms with E-state index in [4.69, 9.17) is 0 Å². The molecule has 0 N–H and O–H groups in total. The summed E-state index contributed by atoms with van der Waals surface area (Å²) in [6.45, 7) is 4.23. The molecule has 2 aromatic heterocycles. The van der Waals surface area contributed by atoms with Crippen molar-refractivity contribution >= 4 is 0 Å². The molecule has 5 heteroatoms. The Balaban J connectivity index is 1.71. The monoisotopic (exact) mass is 349 g/mol. The molecular formula is C21H20FN3O. The van der Waals surface area contributed by atoms with Crippen LogP contribution in [0.25, 0.3) is 5.82 Å². The summed E-state index contributed by atoms with van der Waals surface area (Å²) in [5.41, 5.74) is 5.30. The van der Waals surface area contributed by atoms with Gasteiger partial charge >= 0.3 is 0 Å². The number of hydrogen-bond acceptors (Lipinski definition) is 3. The normalized spacial score (nSPS) is 16.3. The van der Waals surface area contributed by atoms with Crippen LogP contribution in [0.4, 0.5) is 4.39 Å². The molecule has 3 aromatic rings. The van der Waals surface area contributed by atoms with E-state index in [0.717, 1.165) is 28.7 Å². The molecule has 0 aliphatic heterocycles. The van der Waals surface area contributed by atoms with Crippen LogP contribution in [0.15, 0.2) is 47.5 Å². The molecular weight excluding hydrogens is 329 g/mol. The summed E-state index contributed by atoms with van der Waals surface area (Å²) in [6, 6.07) is 9.31. The molecule has 132 valence electrons. The minimum atomic E-state index is -0.550. The van der Waals surface area contributed by atoms with Crippen molar-refractivity contribution in [3.8, 4) is 5.82 Å². The van der Waals surface area contributed by atoms with Gasteiger partial charge in [-0.3, -0.25) is 4.79 Å². The zero-order chi connectivity index (χ0) is 18.3. The Morgan fingerprint density at radius 3 is 2.85 bits per heavy atom. The number of nitrogens with zero attached hydrogens (tertiary/aromatic N) is 3. The lowest BCUT2D eigenvalue weighted by atomic mass is 9.79. The first-order chi connectivity index (χ1) is 12.5. The van der Waals surface area contributed by atoms with Gasteiger partial charge in [0.05, 0.1) is 6.20 Å². The number of pyridine rings is 1. The van der Waals surface area contributed by atoms with Crippen molar-refractivity contribution in [2.24, 2.45) is 0 Å². The predicted molar refractivity (Wildman–Crippen MR) is 98.3 cm³/mol. The minimum Gasteiger partial charge on any atom is -0.267 e. The number of hydrogen-bond donors (Lipinski definition) is 0. The van der Waals surface area contributed by atoms with Gasteiger partial charge < -0.3 is 0 Å². The highest BCUT2D eigenvalue weighted by atomic mass is 19.1. The molecule has 0 bridgehead atoms. The molecule has 26 heavy (non-hydrogen) atoms. The Kier molecular flexibility index (Phi) is 4.15. The Morgan fingerprint density at radius 1 is 1.23 bits per heavy atom. The smallest absolute Gasteiger partial charge is 0.267 e. The maximum absolute atomic E-state index is 14.0. The molecule has 0 amide bonds. The summed E-state index contributed by atoms with van der Waals surface area (Å²) < 4.78 is 15.1. The molecule has 1 aliphatic carbocycles. The van der Waals surface area contributed by atoms with Gasteiger partial charge in [-0.1, -0.05) is 23.8 Å². The third-order valence-electron chi connectivity index (χ3n) is 5.18. The van der Waals surface area contributed by atoms with Crippen LogP contribution in [0.5, 0.6) is 0 Å². The Morgan fingerprint density at radius 2 is 2.08 bits per heavy atom. The quantitative estimate of drug-likeness (QED) is 0.709. The zero-order valence-corrected chi connectivity index (χ0v) is 14.9. The van der Waals surface area contributed by atoms with Crippen molar-refractivity contribution in [1.29, 1.82) is 0 Å². The van der Waals surface area contributed by atoms with E-state index in [0.29, 0.717) is 12.3 Å². The van der Waals surface area contributed by atoms with Gasteiger partial charge in [0, 0.05) is 11.8 Å². The fraction of sp³-hybridized carbons (Fsp3) is 0.286. The van der Waals surface area contributed by atoms with Gasteiger partial charge in [-0.15, -0.1) is 0 Å². The average molecular weight is 349 g/mol. The third-order valence-corrected chi connectivity index (χ3v) is 5.18. The van der Waals surface area contributed by atoms with Crippen LogP contribution < -0.4 is 5.56 Å². The van der Waals surface area contributed by atoms with Crippen LogP contribution in [0, 0.1) is 19.7 Å². The number of rotatable bonds is 2. The maximum atomic E-state index is 14.0. The first-order valence-electron chi connectivity index (χ1n) is 8.82. The predicted octanol–water partition coefficient (Wildman–Crippen LogP) is 3.66. The lowest BCUT2D eigenvalue weighted by molar-refractivity contribution is 0.555. The highest BCUT2D eigenvalue weighted by Crippen LogP contribution is 2.33. The highest BCUT2D eigenvalue weighted by Gasteiger charge is 2.25. The van der Waals surface area contributed by atoms with Gasteiger partial charge in [0.1, 0.15) is 0 Å². The minimum absolute atomic E-state index is 0.0446. The third kappa shape index (κ3) is 2.83. The number of aryl methyl sites for hydroxylation is 2. The summed E-state index contributed by atoms with van der Waals surface area (Å²) in [5.74, 6) is -0.213. The number of aromatic nitrogens is 3. The first-order valence-corrected chi connectivity index (χ1v) is 8.82. The maximum Gasteiger partial charge on any atom is 0.276 e. The SMILES string of the molecule is Cc1ccc(C2CCc3c(cnn(-c4ncccc4F)c3=O)C2)c(C)c1. The van der Waals surface area contributed by atoms with E-state index in [1.807, 2.05) is 0 Å². The lowest BCUT2D eigenvalue weighted by Crippen LogP contribution is -2.30. The second-order valence-electron chi connectivity index (χ2n) is 6.97. The molecule has 1 aliphatic rings. The molecule has 1 aromatic carbocycles. The van der Waals surface area contributed by atoms with Crippen LogP contribution in [0.1, 0.15) is 40.2 Å². The summed E-state index contributed by atoms with van der Waals surface area (Å²) >= 11 is 0. The van der Waals surface area contributed by atoms with E-state index in [1.54, 1.807) is 6.20 Å². The molecule has 0 saturated heterocycles. The Bertz CT molecular complexity index is 1040. The Hall–Kier alpha value is -2.82. The Labute approximate surface area is 151 Å². The number of benzene rings is 1. The van der Waals surface area contributed by atoms with Gasteiger partial charge in [0.15, 0.2) is 11.6 Å². The van der Waals surface area contributed by atoms with Gasteiger partial charge in [-0.05, 0) is 67.9 Å². The van der Waals surface area contributed by atoms with Gasteiger partial charge in [-0.2, -0.15) is 9.78 Å². The van der Waals surface area contributed by atoms with Gasteiger partial charge in [0.25, 0.3) is 5.56 Å². The van der Waals surface area contributed by atoms with Crippen LogP contribution in [-0.2, 0) is 12.8 Å². The van der Waals surface area contributed by atoms with Gasteiger partial charge in [0.2, 0.25) is 0 Å². The molecule has 4 rings (SSSR count). The largest absolute Gasteiger partial charge is 0.276 e. The standard InChI is InChI=1S/C21H20FN3O/c1-13-5-7-17(14(2)10-13)15-6-8-18-16(11-15)12-24-25(21(18)26)20-19(22)4-3-9-23-20/h3-5,7,9-10,12,15H,6,8,11H2,1-2H3. The average Bonchev–Trinajstić information content (AvgIpc) is 2.63. The van der Waals surface area contributed by atoms with Gasteiger partial charge in [-0.25, -0.2) is 9.37 Å². The van der Waals surface area contributed by atoms with E-state index in [2.05, 4.69) is 42.1 Å².